The minimum atomic E-state index is -2.21. The monoisotopic (exact) mass is 462 g/mol. The Kier molecular flexibility index (Phi) is 12.1. The van der Waals surface area contributed by atoms with Gasteiger partial charge in [-0.25, -0.2) is 4.42 Å². The predicted octanol–water partition coefficient (Wildman–Crippen LogP) is 8.36. The summed E-state index contributed by atoms with van der Waals surface area (Å²) in [5.74, 6) is 0.783. The van der Waals surface area contributed by atoms with E-state index in [1.807, 2.05) is 18.2 Å². The largest absolute Gasteiger partial charge is 0.317 e. The third-order valence-corrected chi connectivity index (χ3v) is 3.73. The average molecular weight is 465 g/mol. The summed E-state index contributed by atoms with van der Waals surface area (Å²) in [7, 11) is 15.0. The Balaban J connectivity index is 0.000000278. The van der Waals surface area contributed by atoms with Gasteiger partial charge in [0.25, 0.3) is 0 Å². The molecule has 0 bridgehead atoms. The number of benzene rings is 2. The van der Waals surface area contributed by atoms with Crippen LogP contribution in [-0.4, -0.2) is 0 Å². The minimum Gasteiger partial charge on any atom is -0.224 e. The molecule has 1 aromatic heterocycles. The molecule has 3 rings (SSSR count). The van der Waals surface area contributed by atoms with Crippen LogP contribution in [0.5, 0.6) is 0 Å². The molecule has 0 fully saturated rings. The van der Waals surface area contributed by atoms with Crippen molar-refractivity contribution >= 4 is 39.8 Å². The van der Waals surface area contributed by atoms with Crippen LogP contribution in [0.25, 0.3) is 10.8 Å². The first-order valence-corrected chi connectivity index (χ1v) is 20.5. The summed E-state index contributed by atoms with van der Waals surface area (Å²) in [6, 6.07) is 18.9. The average Bonchev–Trinajstić information content (AvgIpc) is 2.61. The van der Waals surface area contributed by atoms with Gasteiger partial charge < -0.3 is 0 Å². The molecule has 0 aliphatic carbocycles. The zero-order chi connectivity index (χ0) is 19.4. The summed E-state index contributed by atoms with van der Waals surface area (Å²) in [6.07, 6.45) is 5.73. The molecule has 0 N–H and O–H groups in total. The minimum absolute atomic E-state index is 0.783. The van der Waals surface area contributed by atoms with Crippen LogP contribution >= 0.6 is 29.1 Å². The summed E-state index contributed by atoms with van der Waals surface area (Å²) in [6.45, 7) is 6.80. The van der Waals surface area contributed by atoms with E-state index in [4.69, 9.17) is 29.1 Å². The van der Waals surface area contributed by atoms with E-state index in [1.165, 1.54) is 34.7 Å². The summed E-state index contributed by atoms with van der Waals surface area (Å²) in [5, 5.41) is 2.72. The van der Waals surface area contributed by atoms with Crippen molar-refractivity contribution in [2.45, 2.75) is 33.6 Å². The molecule has 26 heavy (non-hydrogen) atoms. The van der Waals surface area contributed by atoms with E-state index in [1.54, 1.807) is 12.5 Å². The fraction of sp³-hybridized carbons (Fsp3) is 0.286. The third-order valence-electron chi connectivity index (χ3n) is 3.73. The van der Waals surface area contributed by atoms with Gasteiger partial charge in [-0.2, -0.15) is 0 Å². The van der Waals surface area contributed by atoms with E-state index < -0.39 is 13.0 Å². The van der Waals surface area contributed by atoms with Gasteiger partial charge in [0.05, 0.1) is 0 Å². The zero-order valence-corrected chi connectivity index (χ0v) is 20.8. The molecule has 3 aromatic rings. The van der Waals surface area contributed by atoms with Crippen molar-refractivity contribution in [3.8, 4) is 0 Å². The topological polar surface area (TPSA) is 11.3 Å². The molecular weight excluding hydrogens is 440 g/mol. The van der Waals surface area contributed by atoms with Crippen molar-refractivity contribution in [3.63, 3.8) is 0 Å². The number of halogens is 3. The summed E-state index contributed by atoms with van der Waals surface area (Å²) < 4.78 is 4.68. The number of fused-ring (bicyclic) bond motifs is 1. The number of rotatable bonds is 3. The second-order valence-electron chi connectivity index (χ2n) is 6.35. The maximum absolute atomic E-state index is 5.01. The smallest absolute Gasteiger partial charge is 0.224 e. The Morgan fingerprint density at radius 1 is 0.885 bits per heavy atom. The Hall–Kier alpha value is -0.657. The second kappa shape index (κ2) is 13.5. The standard InChI is InChI=1S/C16H20.C5H5O.3ClH.Zn/c1-12(2)8-9-14-11-16-7-5-4-6-15(16)10-13(14)3;1-2-4-6-5-3-1;;;;/h4-7,10-12H,8-9H2,1-3H3;1-5H;3*1H;/q;+1;;;;+2/p-3. The van der Waals surface area contributed by atoms with E-state index in [-0.39, 0.29) is 0 Å². The van der Waals surface area contributed by atoms with Crippen molar-refractivity contribution in [1.29, 1.82) is 0 Å². The van der Waals surface area contributed by atoms with Gasteiger partial charge in [0.15, 0.2) is 0 Å². The molecule has 0 amide bonds. The van der Waals surface area contributed by atoms with Crippen molar-refractivity contribution in [1.82, 2.24) is 0 Å². The number of hydrogen-bond acceptors (Lipinski definition) is 0. The molecule has 0 aliphatic heterocycles. The molecule has 138 valence electrons. The first-order chi connectivity index (χ1) is 12.4. The van der Waals surface area contributed by atoms with E-state index in [9.17, 15) is 0 Å². The molecule has 1 nitrogen and oxygen atoms in total. The van der Waals surface area contributed by atoms with Crippen molar-refractivity contribution in [3.05, 3.63) is 78.3 Å². The van der Waals surface area contributed by atoms with Crippen LogP contribution in [0.4, 0.5) is 0 Å². The van der Waals surface area contributed by atoms with Crippen LogP contribution in [0.15, 0.2) is 71.5 Å². The van der Waals surface area contributed by atoms with Crippen molar-refractivity contribution in [2.24, 2.45) is 5.92 Å². The quantitative estimate of drug-likeness (QED) is 0.280. The van der Waals surface area contributed by atoms with Gasteiger partial charge in [-0.05, 0) is 53.6 Å². The first kappa shape index (κ1) is 23.4. The summed E-state index contributed by atoms with van der Waals surface area (Å²) >= 11 is -2.21. The Labute approximate surface area is 174 Å². The first-order valence-electron chi connectivity index (χ1n) is 8.76. The van der Waals surface area contributed by atoms with Gasteiger partial charge in [-0.15, -0.1) is 0 Å². The third kappa shape index (κ3) is 10.5. The fourth-order valence-electron chi connectivity index (χ4n) is 2.41. The van der Waals surface area contributed by atoms with E-state index in [2.05, 4.69) is 61.6 Å². The zero-order valence-electron chi connectivity index (χ0n) is 15.6. The molecule has 0 spiro atoms. The van der Waals surface area contributed by atoms with Crippen LogP contribution in [-0.2, 0) is 19.4 Å². The molecule has 0 unspecified atom stereocenters. The van der Waals surface area contributed by atoms with E-state index >= 15 is 0 Å². The van der Waals surface area contributed by atoms with Crippen LogP contribution in [0.2, 0.25) is 0 Å². The molecule has 0 radical (unpaired) electrons. The Bertz CT molecular complexity index is 719. The fourth-order valence-corrected chi connectivity index (χ4v) is 2.41. The number of hydrogen-bond donors (Lipinski definition) is 0. The second-order valence-corrected chi connectivity index (χ2v) is 20.2. The van der Waals surface area contributed by atoms with Crippen LogP contribution in [0.1, 0.15) is 31.4 Å². The maximum Gasteiger partial charge on any atom is 0.317 e. The van der Waals surface area contributed by atoms with Crippen LogP contribution in [0, 0.1) is 12.8 Å². The maximum atomic E-state index is 5.01. The molecule has 0 saturated carbocycles. The molecule has 5 heteroatoms. The Morgan fingerprint density at radius 3 is 1.85 bits per heavy atom. The molecule has 2 aromatic carbocycles. The van der Waals surface area contributed by atoms with Crippen LogP contribution in [0.3, 0.4) is 0 Å². The number of aryl methyl sites for hydroxylation is 2. The molecule has 1 heterocycles. The van der Waals surface area contributed by atoms with Gasteiger partial charge >= 0.3 is 54.6 Å². The summed E-state index contributed by atoms with van der Waals surface area (Å²) in [5.41, 5.74) is 2.94. The van der Waals surface area contributed by atoms with Crippen LogP contribution < -0.4 is 0 Å². The summed E-state index contributed by atoms with van der Waals surface area (Å²) in [4.78, 5) is 0. The molecule has 0 atom stereocenters. The predicted molar refractivity (Wildman–Crippen MR) is 113 cm³/mol. The van der Waals surface area contributed by atoms with E-state index in [0.29, 0.717) is 0 Å². The normalized spacial score (nSPS) is 9.81. The van der Waals surface area contributed by atoms with Crippen molar-refractivity contribution < 1.29 is 17.4 Å². The SMILES string of the molecule is Cc1cc2ccccc2cc1CCC(C)C.[Cl][Zn-]([Cl])[Cl].c1cc[o+]cc1. The molecule has 0 aliphatic rings. The van der Waals surface area contributed by atoms with Gasteiger partial charge in [0, 0.05) is 12.1 Å². The Morgan fingerprint density at radius 2 is 1.42 bits per heavy atom. The van der Waals surface area contributed by atoms with Gasteiger partial charge in [-0.3, -0.25) is 0 Å². The van der Waals surface area contributed by atoms with Crippen molar-refractivity contribution in [2.75, 3.05) is 0 Å². The van der Waals surface area contributed by atoms with Gasteiger partial charge in [0.1, 0.15) is 0 Å². The van der Waals surface area contributed by atoms with Gasteiger partial charge in [-0.1, -0.05) is 50.2 Å². The molecule has 0 saturated heterocycles. The van der Waals surface area contributed by atoms with Gasteiger partial charge in [0.2, 0.25) is 0 Å². The van der Waals surface area contributed by atoms with E-state index in [0.717, 1.165) is 5.92 Å². The molecular formula is C21H25Cl3OZn.